The van der Waals surface area contributed by atoms with Gasteiger partial charge in [0.25, 0.3) is 0 Å². The molecule has 0 spiro atoms. The average molecular weight is 356 g/mol. The first kappa shape index (κ1) is 12.2. The summed E-state index contributed by atoms with van der Waals surface area (Å²) in [5.41, 5.74) is 3.48. The van der Waals surface area contributed by atoms with E-state index in [-0.39, 0.29) is 0 Å². The van der Waals surface area contributed by atoms with E-state index in [0.29, 0.717) is 0 Å². The monoisotopic (exact) mass is 355 g/mol. The number of carbonyl (C=O) groups excluding carboxylic acids is 1. The number of hydrogen-bond acceptors (Lipinski definition) is 3. The van der Waals surface area contributed by atoms with Crippen LogP contribution in [0.15, 0.2) is 0 Å². The maximum atomic E-state index is 9.71. The van der Waals surface area contributed by atoms with Gasteiger partial charge < -0.3 is 0 Å². The van der Waals surface area contributed by atoms with Crippen molar-refractivity contribution in [3.8, 4) is 0 Å². The molecular weight excluding hydrogens is 350 g/mol. The van der Waals surface area contributed by atoms with Crippen LogP contribution in [0.25, 0.3) is 0 Å². The predicted molar refractivity (Wildman–Crippen MR) is 31.7 cm³/mol. The molecule has 0 heterocycles. The molecule has 0 rings (SSSR count). The van der Waals surface area contributed by atoms with Gasteiger partial charge in [0.05, 0.1) is 0 Å². The van der Waals surface area contributed by atoms with Crippen LogP contribution in [0.1, 0.15) is 0 Å². The van der Waals surface area contributed by atoms with Gasteiger partial charge in [-0.2, -0.15) is 0 Å². The van der Waals surface area contributed by atoms with Crippen molar-refractivity contribution in [2.75, 3.05) is 0 Å². The Bertz CT molecular complexity index is 65.6. The Morgan fingerprint density at radius 2 is 1.56 bits per heavy atom. The van der Waals surface area contributed by atoms with Gasteiger partial charge in [-0.15, -0.1) is 0 Å². The zero-order valence-electron chi connectivity index (χ0n) is 4.14. The van der Waals surface area contributed by atoms with E-state index in [1.807, 2.05) is 0 Å². The van der Waals surface area contributed by atoms with Crippen molar-refractivity contribution in [1.29, 1.82) is 0 Å². The van der Waals surface area contributed by atoms with Crippen molar-refractivity contribution < 1.29 is 21.3 Å². The number of nitrogens with two attached hydrogens (primary N) is 2. The Morgan fingerprint density at radius 1 is 1.33 bits per heavy atom. The first-order chi connectivity index (χ1) is 4.22. The number of rotatable bonds is 0. The summed E-state index contributed by atoms with van der Waals surface area (Å²) in [7, 11) is 9.75. The van der Waals surface area contributed by atoms with E-state index >= 15 is 0 Å². The minimum atomic E-state index is -0.602. The summed E-state index contributed by atoms with van der Waals surface area (Å²) in [5, 5.41) is 0. The van der Waals surface area contributed by atoms with Crippen LogP contribution in [-0.4, -0.2) is 6.03 Å². The van der Waals surface area contributed by atoms with Gasteiger partial charge in [0.1, 0.15) is 0 Å². The van der Waals surface area contributed by atoms with Crippen molar-refractivity contribution in [3.05, 3.63) is 0 Å². The second-order valence-corrected chi connectivity index (χ2v) is 3.95. The Morgan fingerprint density at radius 3 is 1.56 bits per heavy atom. The fourth-order valence-electron chi connectivity index (χ4n) is 0.0417. The summed E-state index contributed by atoms with van der Waals surface area (Å²) in [6.45, 7) is 0. The van der Waals surface area contributed by atoms with Crippen LogP contribution in [0.3, 0.4) is 0 Å². The Hall–Kier alpha value is 0.458. The number of hydrazine groups is 2. The molecule has 0 bridgehead atoms. The third-order valence-corrected chi connectivity index (χ3v) is 0.262. The third-order valence-electron chi connectivity index (χ3n) is 0.262. The number of halogens is 2. The molecule has 0 aliphatic rings. The molecule has 0 saturated heterocycles. The number of carbonyl (C=O) groups is 1. The fourth-order valence-corrected chi connectivity index (χ4v) is 0.0417. The fraction of sp³-hybridized carbons (Fsp3) is 0. The molecule has 0 radical (unpaired) electrons. The van der Waals surface area contributed by atoms with Crippen LogP contribution in [0, 0.1) is 0 Å². The summed E-state index contributed by atoms with van der Waals surface area (Å²) in [5.74, 6) is 9.08. The molecule has 0 saturated carbocycles. The Kier molecular flexibility index (Phi) is 15.2. The molecule has 0 aromatic rings. The number of amides is 2. The first-order valence-corrected chi connectivity index (χ1v) is 7.15. The van der Waals surface area contributed by atoms with E-state index in [4.69, 9.17) is 18.8 Å². The van der Waals surface area contributed by atoms with Gasteiger partial charge in [0.15, 0.2) is 0 Å². The Balaban J connectivity index is 0. The SMILES string of the molecule is NNC(=O)NN.[Cl][Pt][Cl]. The molecule has 0 atom stereocenters. The van der Waals surface area contributed by atoms with Crippen LogP contribution in [-0.2, 0) is 16.5 Å². The van der Waals surface area contributed by atoms with Crippen molar-refractivity contribution >= 4 is 24.9 Å². The molecule has 6 N–H and O–H groups in total. The second-order valence-electron chi connectivity index (χ2n) is 0.663. The van der Waals surface area contributed by atoms with Gasteiger partial charge >= 0.3 is 41.3 Å². The summed E-state index contributed by atoms with van der Waals surface area (Å²) in [4.78, 5) is 9.71. The van der Waals surface area contributed by atoms with Crippen LogP contribution < -0.4 is 22.5 Å². The normalized spacial score (nSPS) is 7.11. The second kappa shape index (κ2) is 11.3. The van der Waals surface area contributed by atoms with E-state index in [9.17, 15) is 4.79 Å². The van der Waals surface area contributed by atoms with Gasteiger partial charge in [-0.1, -0.05) is 0 Å². The van der Waals surface area contributed by atoms with Gasteiger partial charge in [-0.05, 0) is 0 Å². The topological polar surface area (TPSA) is 93.2 Å². The summed E-state index contributed by atoms with van der Waals surface area (Å²) < 4.78 is 0. The van der Waals surface area contributed by atoms with Crippen LogP contribution in [0.4, 0.5) is 4.79 Å². The maximum absolute atomic E-state index is 9.71. The molecule has 5 nitrogen and oxygen atoms in total. The molecule has 0 aliphatic carbocycles. The summed E-state index contributed by atoms with van der Waals surface area (Å²) in [6, 6.07) is -0.602. The Labute approximate surface area is 68.8 Å². The van der Waals surface area contributed by atoms with Crippen molar-refractivity contribution in [2.45, 2.75) is 0 Å². The van der Waals surface area contributed by atoms with Crippen molar-refractivity contribution in [2.24, 2.45) is 11.7 Å². The van der Waals surface area contributed by atoms with E-state index in [1.54, 1.807) is 10.9 Å². The molecule has 9 heavy (non-hydrogen) atoms. The number of urea groups is 1. The molecule has 0 aromatic heterocycles. The van der Waals surface area contributed by atoms with E-state index in [2.05, 4.69) is 11.7 Å². The first-order valence-electron chi connectivity index (χ1n) is 1.52. The third kappa shape index (κ3) is 17.7. The van der Waals surface area contributed by atoms with E-state index < -0.39 is 22.5 Å². The van der Waals surface area contributed by atoms with E-state index in [1.165, 1.54) is 0 Å². The molecule has 2 amide bonds. The predicted octanol–water partition coefficient (Wildman–Crippen LogP) is -0.591. The quantitative estimate of drug-likeness (QED) is 0.266. The van der Waals surface area contributed by atoms with Crippen LogP contribution in [0.5, 0.6) is 0 Å². The van der Waals surface area contributed by atoms with Gasteiger partial charge in [-0.3, -0.25) is 10.9 Å². The molecule has 0 unspecified atom stereocenters. The molecule has 0 fully saturated rings. The summed E-state index contributed by atoms with van der Waals surface area (Å²) in [6.07, 6.45) is 0. The van der Waals surface area contributed by atoms with Gasteiger partial charge in [-0.25, -0.2) is 16.5 Å². The molecular formula is CH6Cl2N4OPt. The van der Waals surface area contributed by atoms with Crippen molar-refractivity contribution in [3.63, 3.8) is 0 Å². The molecule has 0 aliphatic heterocycles. The number of hydrogen-bond donors (Lipinski definition) is 4. The minimum absolute atomic E-state index is 0.472. The average Bonchev–Trinajstić information content (AvgIpc) is 1.88. The molecule has 60 valence electrons. The van der Waals surface area contributed by atoms with Gasteiger partial charge in [0, 0.05) is 0 Å². The summed E-state index contributed by atoms with van der Waals surface area (Å²) >= 11 is -0.472. The zero-order valence-corrected chi connectivity index (χ0v) is 7.92. The number of nitrogens with one attached hydrogen (secondary N) is 2. The standard InChI is InChI=1S/CH6N4O.2ClH.Pt/c2-4-1(6)5-3;;;/h2-3H2,(H2,4,5,6);2*1H;/q;;;+2/p-2. The molecule has 8 heteroatoms. The van der Waals surface area contributed by atoms with Crippen molar-refractivity contribution in [1.82, 2.24) is 10.9 Å². The zero-order chi connectivity index (χ0) is 7.70. The van der Waals surface area contributed by atoms with Crippen LogP contribution >= 0.6 is 18.8 Å². The molecule has 0 aromatic carbocycles. The van der Waals surface area contributed by atoms with Gasteiger partial charge in [0.2, 0.25) is 0 Å². The van der Waals surface area contributed by atoms with E-state index in [0.717, 1.165) is 0 Å². The van der Waals surface area contributed by atoms with Crippen LogP contribution in [0.2, 0.25) is 0 Å².